The molecule has 4 nitrogen and oxygen atoms in total. The summed E-state index contributed by atoms with van der Waals surface area (Å²) >= 11 is 0. The van der Waals surface area contributed by atoms with Gasteiger partial charge in [0.1, 0.15) is 0 Å². The van der Waals surface area contributed by atoms with E-state index in [4.69, 9.17) is 5.73 Å². The Bertz CT molecular complexity index is 728. The lowest BCUT2D eigenvalue weighted by atomic mass is 9.38. The van der Waals surface area contributed by atoms with Gasteiger partial charge in [-0.15, -0.1) is 0 Å². The predicted octanol–water partition coefficient (Wildman–Crippen LogP) is 5.52. The molecule has 34 heavy (non-hydrogen) atoms. The molecule has 4 fully saturated rings. The van der Waals surface area contributed by atoms with E-state index in [2.05, 4.69) is 41.5 Å². The molecule has 0 heterocycles. The Morgan fingerprint density at radius 2 is 1.65 bits per heavy atom. The molecule has 0 aliphatic heterocycles. The third-order valence-corrected chi connectivity index (χ3v) is 12.6. The highest BCUT2D eigenvalue weighted by Crippen LogP contribution is 2.70. The fourth-order valence-corrected chi connectivity index (χ4v) is 10.6. The van der Waals surface area contributed by atoms with Gasteiger partial charge in [0.05, 0.1) is 11.7 Å². The second-order valence-electron chi connectivity index (χ2n) is 14.2. The number of hydrogen-bond acceptors (Lipinski definition) is 4. The molecule has 0 saturated heterocycles. The van der Waals surface area contributed by atoms with Crippen molar-refractivity contribution in [2.24, 2.45) is 58.0 Å². The van der Waals surface area contributed by atoms with E-state index < -0.39 is 11.7 Å². The van der Waals surface area contributed by atoms with Crippen LogP contribution in [0.2, 0.25) is 0 Å². The molecule has 0 spiro atoms. The van der Waals surface area contributed by atoms with Gasteiger partial charge in [-0.1, -0.05) is 54.4 Å². The van der Waals surface area contributed by atoms with Gasteiger partial charge in [-0.2, -0.15) is 0 Å². The molecule has 0 amide bonds. The van der Waals surface area contributed by atoms with Crippen molar-refractivity contribution in [3.63, 3.8) is 0 Å². The van der Waals surface area contributed by atoms with Crippen LogP contribution in [0.4, 0.5) is 0 Å². The van der Waals surface area contributed by atoms with E-state index in [9.17, 15) is 15.3 Å². The molecule has 4 aliphatic rings. The number of rotatable bonds is 7. The molecule has 4 aliphatic carbocycles. The van der Waals surface area contributed by atoms with E-state index >= 15 is 0 Å². The summed E-state index contributed by atoms with van der Waals surface area (Å²) in [7, 11) is 0. The van der Waals surface area contributed by atoms with Crippen LogP contribution in [0, 0.1) is 52.3 Å². The van der Waals surface area contributed by atoms with Gasteiger partial charge in [-0.05, 0) is 92.3 Å². The predicted molar refractivity (Wildman–Crippen MR) is 139 cm³/mol. The van der Waals surface area contributed by atoms with Crippen LogP contribution >= 0.6 is 0 Å². The van der Waals surface area contributed by atoms with E-state index in [-0.39, 0.29) is 34.8 Å². The summed E-state index contributed by atoms with van der Waals surface area (Å²) in [5, 5.41) is 32.9. The summed E-state index contributed by atoms with van der Waals surface area (Å²) in [6, 6.07) is 0. The van der Waals surface area contributed by atoms with Gasteiger partial charge < -0.3 is 21.1 Å². The maximum atomic E-state index is 12.0. The molecule has 198 valence electrons. The largest absolute Gasteiger partial charge is 0.396 e. The smallest absolute Gasteiger partial charge is 0.0779 e. The molecule has 4 rings (SSSR count). The molecule has 0 aromatic heterocycles. The second kappa shape index (κ2) is 9.30. The summed E-state index contributed by atoms with van der Waals surface area (Å²) in [6.07, 6.45) is 10.8. The first-order valence-corrected chi connectivity index (χ1v) is 14.7. The lowest BCUT2D eigenvalue weighted by Gasteiger charge is -2.70. The summed E-state index contributed by atoms with van der Waals surface area (Å²) in [5.41, 5.74) is 6.12. The Morgan fingerprint density at radius 1 is 0.941 bits per heavy atom. The van der Waals surface area contributed by atoms with Crippen LogP contribution in [-0.2, 0) is 0 Å². The van der Waals surface area contributed by atoms with Crippen molar-refractivity contribution in [1.82, 2.24) is 0 Å². The third kappa shape index (κ3) is 3.84. The van der Waals surface area contributed by atoms with Gasteiger partial charge in [0.2, 0.25) is 0 Å². The zero-order chi connectivity index (χ0) is 25.1. The molecule has 4 heteroatoms. The van der Waals surface area contributed by atoms with Crippen molar-refractivity contribution < 1.29 is 15.3 Å². The first-order valence-electron chi connectivity index (χ1n) is 14.7. The molecule has 0 radical (unpaired) electrons. The van der Waals surface area contributed by atoms with Crippen LogP contribution in [-0.4, -0.2) is 39.2 Å². The number of fused-ring (bicyclic) bond motifs is 5. The highest BCUT2D eigenvalue weighted by atomic mass is 16.3. The normalized spacial score (nSPS) is 50.4. The first kappa shape index (κ1) is 26.9. The van der Waals surface area contributed by atoms with Gasteiger partial charge in [0.25, 0.3) is 0 Å². The molecule has 1 unspecified atom stereocenters. The van der Waals surface area contributed by atoms with Gasteiger partial charge in [0, 0.05) is 29.9 Å². The van der Waals surface area contributed by atoms with E-state index in [1.807, 2.05) is 0 Å². The van der Waals surface area contributed by atoms with Gasteiger partial charge in [-0.3, -0.25) is 0 Å². The molecular formula is C30H55NO3. The average molecular weight is 478 g/mol. The van der Waals surface area contributed by atoms with Crippen molar-refractivity contribution in [2.75, 3.05) is 6.61 Å². The lowest BCUT2D eigenvalue weighted by Crippen LogP contribution is -2.75. The summed E-state index contributed by atoms with van der Waals surface area (Å²) in [5.74, 6) is 3.50. The van der Waals surface area contributed by atoms with Crippen molar-refractivity contribution in [3.05, 3.63) is 0 Å². The topological polar surface area (TPSA) is 86.7 Å². The Kier molecular flexibility index (Phi) is 7.35. The molecule has 0 aromatic rings. The Morgan fingerprint density at radius 3 is 2.26 bits per heavy atom. The number of aliphatic hydroxyl groups is 3. The quantitative estimate of drug-likeness (QED) is 0.389. The maximum absolute atomic E-state index is 12.0. The zero-order valence-electron chi connectivity index (χ0n) is 23.0. The van der Waals surface area contributed by atoms with Crippen LogP contribution < -0.4 is 5.73 Å². The first-order chi connectivity index (χ1) is 15.9. The van der Waals surface area contributed by atoms with Crippen molar-refractivity contribution in [2.45, 2.75) is 129 Å². The van der Waals surface area contributed by atoms with E-state index in [1.165, 1.54) is 38.5 Å². The number of hydrogen-bond donors (Lipinski definition) is 4. The van der Waals surface area contributed by atoms with E-state index in [0.29, 0.717) is 18.8 Å². The van der Waals surface area contributed by atoms with Crippen LogP contribution in [0.3, 0.4) is 0 Å². The number of nitrogens with two attached hydrogens (primary N) is 1. The number of aliphatic hydroxyl groups excluding tert-OH is 2. The van der Waals surface area contributed by atoms with Crippen molar-refractivity contribution >= 4 is 0 Å². The van der Waals surface area contributed by atoms with E-state index in [0.717, 1.165) is 42.9 Å². The molecule has 0 aromatic carbocycles. The van der Waals surface area contributed by atoms with Crippen molar-refractivity contribution in [3.8, 4) is 0 Å². The Labute approximate surface area is 209 Å². The second-order valence-corrected chi connectivity index (χ2v) is 14.2. The van der Waals surface area contributed by atoms with Gasteiger partial charge in [-0.25, -0.2) is 0 Å². The Balaban J connectivity index is 1.59. The summed E-state index contributed by atoms with van der Waals surface area (Å²) in [4.78, 5) is 0. The van der Waals surface area contributed by atoms with E-state index in [1.54, 1.807) is 0 Å². The summed E-state index contributed by atoms with van der Waals surface area (Å²) in [6.45, 7) is 14.3. The molecule has 4 saturated carbocycles. The highest BCUT2D eigenvalue weighted by Gasteiger charge is 2.71. The monoisotopic (exact) mass is 477 g/mol. The third-order valence-electron chi connectivity index (χ3n) is 12.6. The zero-order valence-corrected chi connectivity index (χ0v) is 23.0. The molecule has 5 N–H and O–H groups in total. The van der Waals surface area contributed by atoms with Crippen LogP contribution in [0.15, 0.2) is 0 Å². The minimum absolute atomic E-state index is 0.0403. The van der Waals surface area contributed by atoms with Crippen LogP contribution in [0.25, 0.3) is 0 Å². The minimum Gasteiger partial charge on any atom is -0.396 e. The van der Waals surface area contributed by atoms with Crippen LogP contribution in [0.1, 0.15) is 112 Å². The SMILES string of the molecule is CC[C@H](CC[C@@H](C)C1CC[C@H]2[C@]3(N)C[C@H](CO)[C@@]4(O)C[C@@H](O)CC[C@]4(C)[C@H]3CC[C@]12C)C(C)C. The average Bonchev–Trinajstić information content (AvgIpc) is 3.13. The fraction of sp³-hybridized carbons (Fsp3) is 1.00. The maximum Gasteiger partial charge on any atom is 0.0779 e. The lowest BCUT2D eigenvalue weighted by molar-refractivity contribution is -0.258. The molecule has 11 atom stereocenters. The Hall–Kier alpha value is -0.160. The van der Waals surface area contributed by atoms with Gasteiger partial charge in [0.15, 0.2) is 0 Å². The highest BCUT2D eigenvalue weighted by molar-refractivity contribution is 5.23. The fourth-order valence-electron chi connectivity index (χ4n) is 10.6. The summed E-state index contributed by atoms with van der Waals surface area (Å²) < 4.78 is 0. The van der Waals surface area contributed by atoms with Gasteiger partial charge >= 0.3 is 0 Å². The van der Waals surface area contributed by atoms with Crippen molar-refractivity contribution in [1.29, 1.82) is 0 Å². The molecular weight excluding hydrogens is 422 g/mol. The van der Waals surface area contributed by atoms with Crippen LogP contribution in [0.5, 0.6) is 0 Å². The minimum atomic E-state index is -1.02. The standard InChI is InChI=1S/C30H55NO3/c1-7-21(19(2)3)9-8-20(4)24-10-11-25-27(24,5)14-13-26-28(6)15-12-23(33)17-30(28,34)22(18-32)16-29(25,26)31/h19-26,32-34H,7-18,31H2,1-6H3/t20-,21-,22-,23+,24?,25-,26-,27-,28-,29-,30+/m1/s1. The molecule has 0 bridgehead atoms.